The summed E-state index contributed by atoms with van der Waals surface area (Å²) in [6.45, 7) is 0.173. The zero-order chi connectivity index (χ0) is 29.1. The van der Waals surface area contributed by atoms with Gasteiger partial charge in [0.1, 0.15) is 36.6 Å². The number of benzene rings is 4. The second-order valence-electron chi connectivity index (χ2n) is 10.5. The molecule has 1 fully saturated rings. The van der Waals surface area contributed by atoms with E-state index in [0.29, 0.717) is 6.42 Å². The molecule has 0 aromatic heterocycles. The molecule has 1 saturated heterocycles. The van der Waals surface area contributed by atoms with Crippen molar-refractivity contribution >= 4 is 0 Å². The molecule has 0 aliphatic carbocycles. The molecule has 6 heteroatoms. The summed E-state index contributed by atoms with van der Waals surface area (Å²) in [5.74, 6) is 1.59. The molecule has 0 bridgehead atoms. The van der Waals surface area contributed by atoms with Crippen LogP contribution in [0.3, 0.4) is 0 Å². The van der Waals surface area contributed by atoms with Crippen molar-refractivity contribution in [2.45, 2.75) is 49.8 Å². The summed E-state index contributed by atoms with van der Waals surface area (Å²) in [5, 5.41) is 0. The Kier molecular flexibility index (Phi) is 10.6. The van der Waals surface area contributed by atoms with E-state index in [2.05, 4.69) is 60.7 Å². The van der Waals surface area contributed by atoms with Gasteiger partial charge in [0.15, 0.2) is 0 Å². The van der Waals surface area contributed by atoms with Crippen molar-refractivity contribution in [3.63, 3.8) is 0 Å². The van der Waals surface area contributed by atoms with Gasteiger partial charge in [-0.25, -0.2) is 0 Å². The van der Waals surface area contributed by atoms with E-state index in [0.717, 1.165) is 35.5 Å². The second-order valence-corrected chi connectivity index (χ2v) is 10.5. The van der Waals surface area contributed by atoms with E-state index in [9.17, 15) is 0 Å². The minimum Gasteiger partial charge on any atom is -0.497 e. The van der Waals surface area contributed by atoms with E-state index in [-0.39, 0.29) is 37.3 Å². The summed E-state index contributed by atoms with van der Waals surface area (Å²) < 4.78 is 36.8. The lowest BCUT2D eigenvalue weighted by atomic mass is 9.90. The SMILES string of the molecule is COCO[C@@H](CCc1ccccc1)[C@@H]1O[C@@H](c2ccc(OC)cc2)[C@H](c2ccc(OC)cc2)O[C@@H]1Cc1ccccc1. The molecule has 4 aromatic carbocycles. The molecule has 0 saturated carbocycles. The van der Waals surface area contributed by atoms with Crippen LogP contribution in [0.5, 0.6) is 11.5 Å². The van der Waals surface area contributed by atoms with Crippen LogP contribution in [0, 0.1) is 0 Å². The molecule has 0 amide bonds. The third-order valence-corrected chi connectivity index (χ3v) is 7.76. The maximum atomic E-state index is 7.12. The largest absolute Gasteiger partial charge is 0.497 e. The van der Waals surface area contributed by atoms with Crippen molar-refractivity contribution in [3.05, 3.63) is 131 Å². The number of ether oxygens (including phenoxy) is 6. The number of rotatable bonds is 13. The highest BCUT2D eigenvalue weighted by Gasteiger charge is 2.44. The van der Waals surface area contributed by atoms with E-state index < -0.39 is 0 Å². The van der Waals surface area contributed by atoms with E-state index >= 15 is 0 Å². The maximum absolute atomic E-state index is 7.12. The van der Waals surface area contributed by atoms with Gasteiger partial charge in [0.05, 0.1) is 26.4 Å². The standard InChI is InChI=1S/C36H40O6/c1-37-25-40-32(23-14-26-10-6-4-7-11-26)36-33(24-27-12-8-5-9-13-27)41-34(28-15-19-30(38-2)20-16-28)35(42-36)29-17-21-31(39-3)22-18-29/h4-13,15-22,32-36H,14,23-25H2,1-3H3/t32-,33+,34-,35-,36-/m0/s1. The predicted octanol–water partition coefficient (Wildman–Crippen LogP) is 7.13. The summed E-state index contributed by atoms with van der Waals surface area (Å²) in [6, 6.07) is 36.9. The Morgan fingerprint density at radius 2 is 1.14 bits per heavy atom. The molecule has 0 N–H and O–H groups in total. The van der Waals surface area contributed by atoms with E-state index in [1.807, 2.05) is 48.5 Å². The molecule has 0 unspecified atom stereocenters. The van der Waals surface area contributed by atoms with Gasteiger partial charge in [-0.3, -0.25) is 0 Å². The lowest BCUT2D eigenvalue weighted by Crippen LogP contribution is -2.50. The molecule has 5 rings (SSSR count). The fourth-order valence-corrected chi connectivity index (χ4v) is 5.55. The fraction of sp³-hybridized carbons (Fsp3) is 0.333. The quantitative estimate of drug-likeness (QED) is 0.160. The van der Waals surface area contributed by atoms with Crippen LogP contribution >= 0.6 is 0 Å². The molecular weight excluding hydrogens is 528 g/mol. The first-order valence-corrected chi connectivity index (χ1v) is 14.5. The van der Waals surface area contributed by atoms with Gasteiger partial charge in [0, 0.05) is 13.5 Å². The van der Waals surface area contributed by atoms with E-state index in [4.69, 9.17) is 28.4 Å². The van der Waals surface area contributed by atoms with Crippen molar-refractivity contribution in [1.29, 1.82) is 0 Å². The summed E-state index contributed by atoms with van der Waals surface area (Å²) in [6.07, 6.45) is 0.732. The second kappa shape index (κ2) is 15.0. The van der Waals surface area contributed by atoms with Crippen LogP contribution in [0.15, 0.2) is 109 Å². The number of methoxy groups -OCH3 is 3. The maximum Gasteiger partial charge on any atom is 0.146 e. The lowest BCUT2D eigenvalue weighted by Gasteiger charge is -2.45. The van der Waals surface area contributed by atoms with Gasteiger partial charge < -0.3 is 28.4 Å². The smallest absolute Gasteiger partial charge is 0.146 e. The Balaban J connectivity index is 1.51. The number of hydrogen-bond donors (Lipinski definition) is 0. The average Bonchev–Trinajstić information content (AvgIpc) is 3.06. The summed E-state index contributed by atoms with van der Waals surface area (Å²) in [4.78, 5) is 0. The zero-order valence-electron chi connectivity index (χ0n) is 24.6. The molecule has 1 aliphatic rings. The van der Waals surface area contributed by atoms with Crippen LogP contribution in [0.1, 0.15) is 40.9 Å². The van der Waals surface area contributed by atoms with Gasteiger partial charge in [-0.05, 0) is 59.4 Å². The van der Waals surface area contributed by atoms with Gasteiger partial charge in [0.2, 0.25) is 0 Å². The first-order valence-electron chi connectivity index (χ1n) is 14.5. The van der Waals surface area contributed by atoms with Crippen molar-refractivity contribution in [2.24, 2.45) is 0 Å². The predicted molar refractivity (Wildman–Crippen MR) is 163 cm³/mol. The molecule has 4 aromatic rings. The lowest BCUT2D eigenvalue weighted by molar-refractivity contribution is -0.262. The third-order valence-electron chi connectivity index (χ3n) is 7.76. The van der Waals surface area contributed by atoms with Gasteiger partial charge in [-0.15, -0.1) is 0 Å². The number of hydrogen-bond acceptors (Lipinski definition) is 6. The van der Waals surface area contributed by atoms with Gasteiger partial charge >= 0.3 is 0 Å². The van der Waals surface area contributed by atoms with Crippen LogP contribution in [0.2, 0.25) is 0 Å². The monoisotopic (exact) mass is 568 g/mol. The van der Waals surface area contributed by atoms with Gasteiger partial charge in [0.25, 0.3) is 0 Å². The summed E-state index contributed by atoms with van der Waals surface area (Å²) >= 11 is 0. The van der Waals surface area contributed by atoms with Crippen molar-refractivity contribution < 1.29 is 28.4 Å². The molecule has 42 heavy (non-hydrogen) atoms. The number of aryl methyl sites for hydroxylation is 1. The highest BCUT2D eigenvalue weighted by Crippen LogP contribution is 2.44. The first kappa shape index (κ1) is 29.8. The topological polar surface area (TPSA) is 55.4 Å². The molecular formula is C36H40O6. The Morgan fingerprint density at radius 3 is 1.67 bits per heavy atom. The van der Waals surface area contributed by atoms with E-state index in [1.54, 1.807) is 21.3 Å². The average molecular weight is 569 g/mol. The van der Waals surface area contributed by atoms with Crippen molar-refractivity contribution in [3.8, 4) is 11.5 Å². The molecule has 0 spiro atoms. The summed E-state index contributed by atoms with van der Waals surface area (Å²) in [7, 11) is 4.99. The Hall–Kier alpha value is -3.68. The van der Waals surface area contributed by atoms with Crippen molar-refractivity contribution in [1.82, 2.24) is 0 Å². The van der Waals surface area contributed by atoms with Gasteiger partial charge in [-0.1, -0.05) is 84.9 Å². The molecule has 1 heterocycles. The normalized spacial score (nSPS) is 21.0. The highest BCUT2D eigenvalue weighted by atomic mass is 16.7. The Labute approximate surface area is 249 Å². The van der Waals surface area contributed by atoms with Crippen LogP contribution in [0.4, 0.5) is 0 Å². The minimum absolute atomic E-state index is 0.173. The van der Waals surface area contributed by atoms with Crippen molar-refractivity contribution in [2.75, 3.05) is 28.1 Å². The third kappa shape index (κ3) is 7.58. The van der Waals surface area contributed by atoms with E-state index in [1.165, 1.54) is 11.1 Å². The minimum atomic E-state index is -0.369. The molecule has 220 valence electrons. The van der Waals surface area contributed by atoms with Crippen LogP contribution < -0.4 is 9.47 Å². The van der Waals surface area contributed by atoms with Crippen LogP contribution in [0.25, 0.3) is 0 Å². The molecule has 6 nitrogen and oxygen atoms in total. The molecule has 0 radical (unpaired) electrons. The fourth-order valence-electron chi connectivity index (χ4n) is 5.55. The van der Waals surface area contributed by atoms with Crippen LogP contribution in [-0.4, -0.2) is 46.4 Å². The Bertz CT molecular complexity index is 1330. The zero-order valence-corrected chi connectivity index (χ0v) is 24.6. The molecule has 1 aliphatic heterocycles. The first-order chi connectivity index (χ1) is 20.7. The van der Waals surface area contributed by atoms with Gasteiger partial charge in [-0.2, -0.15) is 0 Å². The van der Waals surface area contributed by atoms with Crippen LogP contribution in [-0.2, 0) is 31.8 Å². The Morgan fingerprint density at radius 1 is 0.619 bits per heavy atom. The highest BCUT2D eigenvalue weighted by molar-refractivity contribution is 5.34. The summed E-state index contributed by atoms with van der Waals surface area (Å²) in [5.41, 5.74) is 4.46. The molecule has 5 atom stereocenters.